The third-order valence-corrected chi connectivity index (χ3v) is 10.3. The molecule has 0 bridgehead atoms. The van der Waals surface area contributed by atoms with Crippen LogP contribution in [-0.2, 0) is 47.4 Å². The van der Waals surface area contributed by atoms with E-state index in [4.69, 9.17) is 4.55 Å². The number of aryl methyl sites for hydroxylation is 5. The molecule has 0 aliphatic heterocycles. The quantitative estimate of drug-likeness (QED) is 0.133. The van der Waals surface area contributed by atoms with Gasteiger partial charge in [-0.1, -0.05) is 102 Å². The minimum Gasteiger partial charge on any atom is -0.282 e. The van der Waals surface area contributed by atoms with Crippen molar-refractivity contribution < 1.29 is 38.5 Å². The van der Waals surface area contributed by atoms with Crippen molar-refractivity contribution in [1.29, 1.82) is 0 Å². The molecule has 0 saturated heterocycles. The fourth-order valence-electron chi connectivity index (χ4n) is 4.39. The summed E-state index contributed by atoms with van der Waals surface area (Å²) in [7, 11) is -12.4. The maximum absolute atomic E-state index is 11.7. The summed E-state index contributed by atoms with van der Waals surface area (Å²) in [6.45, 7) is 25.0. The lowest BCUT2D eigenvalue weighted by Crippen LogP contribution is -2.15. The Bertz CT molecular complexity index is 1900. The molecular formula is C38H56O9S3. The number of fused-ring (bicyclic) bond motifs is 1. The zero-order chi connectivity index (χ0) is 39.3. The van der Waals surface area contributed by atoms with E-state index in [2.05, 4.69) is 61.5 Å². The summed E-state index contributed by atoms with van der Waals surface area (Å²) in [6, 6.07) is 22.3. The Morgan fingerprint density at radius 1 is 0.640 bits per heavy atom. The van der Waals surface area contributed by atoms with E-state index in [-0.39, 0.29) is 9.79 Å². The molecule has 0 aromatic heterocycles. The van der Waals surface area contributed by atoms with Gasteiger partial charge in [-0.15, -0.1) is 13.2 Å². The lowest BCUT2D eigenvalue weighted by molar-refractivity contribution is 0.284. The fourth-order valence-corrected chi connectivity index (χ4v) is 6.69. The van der Waals surface area contributed by atoms with E-state index in [1.807, 2.05) is 60.6 Å². The fraction of sp³-hybridized carbons (Fsp3) is 0.368. The Balaban J connectivity index is 0. The first-order valence-corrected chi connectivity index (χ1v) is 20.8. The average Bonchev–Trinajstić information content (AvgIpc) is 3.09. The summed E-state index contributed by atoms with van der Waals surface area (Å²) >= 11 is 0. The maximum atomic E-state index is 11.7. The number of rotatable bonds is 8. The van der Waals surface area contributed by atoms with Crippen LogP contribution < -0.4 is 0 Å². The Kier molecular flexibility index (Phi) is 23.3. The van der Waals surface area contributed by atoms with Crippen LogP contribution in [0.2, 0.25) is 0 Å². The normalized spacial score (nSPS) is 10.6. The summed E-state index contributed by atoms with van der Waals surface area (Å²) in [6.07, 6.45) is 2.04. The van der Waals surface area contributed by atoms with Crippen molar-refractivity contribution in [2.45, 2.75) is 91.9 Å². The van der Waals surface area contributed by atoms with Crippen LogP contribution in [-0.4, -0.2) is 46.7 Å². The summed E-state index contributed by atoms with van der Waals surface area (Å²) in [4.78, 5) is 0.0934. The van der Waals surface area contributed by atoms with Crippen LogP contribution in [0, 0.1) is 27.7 Å². The van der Waals surface area contributed by atoms with E-state index in [9.17, 15) is 29.8 Å². The molecular weight excluding hydrogens is 697 g/mol. The van der Waals surface area contributed by atoms with Crippen molar-refractivity contribution in [3.8, 4) is 0 Å². The van der Waals surface area contributed by atoms with Crippen LogP contribution in [0.4, 0.5) is 0 Å². The minimum atomic E-state index is -4.60. The van der Waals surface area contributed by atoms with Gasteiger partial charge in [-0.25, -0.2) is 12.6 Å². The molecule has 0 saturated carbocycles. The smallest absolute Gasteiger partial charge is 0.282 e. The van der Waals surface area contributed by atoms with Gasteiger partial charge in [-0.2, -0.15) is 16.8 Å². The average molecular weight is 753 g/mol. The number of benzene rings is 4. The summed E-state index contributed by atoms with van der Waals surface area (Å²) < 4.78 is 88.3. The molecule has 4 rings (SSSR count). The van der Waals surface area contributed by atoms with Crippen LogP contribution in [0.5, 0.6) is 0 Å². The molecule has 0 radical (unpaired) electrons. The van der Waals surface area contributed by atoms with Gasteiger partial charge >= 0.3 is 10.4 Å². The number of hydrogen-bond donors (Lipinski definition) is 2. The van der Waals surface area contributed by atoms with E-state index in [0.29, 0.717) is 5.56 Å². The first-order chi connectivity index (χ1) is 23.4. The van der Waals surface area contributed by atoms with Crippen molar-refractivity contribution in [3.63, 3.8) is 0 Å². The maximum Gasteiger partial charge on any atom is 0.397 e. The Morgan fingerprint density at radius 2 is 1.16 bits per heavy atom. The molecule has 2 N–H and O–H groups in total. The second-order valence-electron chi connectivity index (χ2n) is 10.1. The Morgan fingerprint density at radius 3 is 1.58 bits per heavy atom. The highest BCUT2D eigenvalue weighted by atomic mass is 32.3. The highest BCUT2D eigenvalue weighted by molar-refractivity contribution is 7.91. The van der Waals surface area contributed by atoms with Crippen molar-refractivity contribution in [1.82, 2.24) is 0 Å². The molecule has 0 aliphatic carbocycles. The molecule has 12 heteroatoms. The van der Waals surface area contributed by atoms with Gasteiger partial charge in [0.1, 0.15) is 0 Å². The van der Waals surface area contributed by atoms with Gasteiger partial charge in [0.2, 0.25) is 0 Å². The zero-order valence-corrected chi connectivity index (χ0v) is 33.6. The summed E-state index contributed by atoms with van der Waals surface area (Å²) in [5, 5.41) is 1.94. The third kappa shape index (κ3) is 16.5. The number of sulfone groups is 1. The Hall–Kier alpha value is -3.39. The highest BCUT2D eigenvalue weighted by Crippen LogP contribution is 2.31. The first-order valence-electron chi connectivity index (χ1n) is 16.4. The van der Waals surface area contributed by atoms with Crippen molar-refractivity contribution in [3.05, 3.63) is 119 Å². The van der Waals surface area contributed by atoms with Crippen molar-refractivity contribution in [2.75, 3.05) is 12.4 Å². The molecule has 9 nitrogen and oxygen atoms in total. The molecule has 4 aromatic carbocycles. The van der Waals surface area contributed by atoms with Gasteiger partial charge in [0, 0.05) is 0 Å². The van der Waals surface area contributed by atoms with Crippen molar-refractivity contribution in [2.24, 2.45) is 0 Å². The molecule has 50 heavy (non-hydrogen) atoms. The van der Waals surface area contributed by atoms with Crippen LogP contribution in [0.3, 0.4) is 0 Å². The molecule has 4 aromatic rings. The van der Waals surface area contributed by atoms with E-state index in [0.717, 1.165) is 40.3 Å². The summed E-state index contributed by atoms with van der Waals surface area (Å²) in [5.41, 5.74) is 6.10. The topological polar surface area (TPSA) is 152 Å². The van der Waals surface area contributed by atoms with Crippen molar-refractivity contribution >= 4 is 41.1 Å². The Labute approximate surface area is 302 Å². The monoisotopic (exact) mass is 752 g/mol. The van der Waals surface area contributed by atoms with Crippen LogP contribution in [0.25, 0.3) is 10.8 Å². The van der Waals surface area contributed by atoms with Gasteiger partial charge in [-0.3, -0.25) is 9.11 Å². The van der Waals surface area contributed by atoms with Crippen LogP contribution >= 0.6 is 0 Å². The molecule has 0 unspecified atom stereocenters. The zero-order valence-electron chi connectivity index (χ0n) is 31.1. The SMILES string of the molecule is C=C.CC.CC.CCc1ccc2c(C)c(C)c(S(=O)(=O)O)cc2c1C.CCc1ccccc1.Cc1ccc(S(=O)(=O)CCOS(=O)(=O)O)cc1. The molecule has 0 atom stereocenters. The standard InChI is InChI=1S/C15H18O3S.C9H12O6S2.C8H10.2C2H6.C2H4/c1-5-12-6-7-13-9(2)10(3)15(19(16,17)18)8-14(13)11(12)4;1-8-2-4-9(5-3-8)16(10,11)7-6-15-17(12,13)14;1-2-8-6-4-3-5-7-8;3*1-2/h6-8H,5H2,1-4H3,(H,16,17,18);2-5H,6-7H2,1H3,(H,12,13,14);3-7H,2H2,1H3;2*1-2H3;1-2H2. The van der Waals surface area contributed by atoms with Crippen LogP contribution in [0.1, 0.15) is 74.9 Å². The van der Waals surface area contributed by atoms with E-state index in [1.165, 1.54) is 23.3 Å². The third-order valence-electron chi connectivity index (χ3n) is 7.11. The molecule has 0 heterocycles. The molecule has 0 aliphatic rings. The van der Waals surface area contributed by atoms with Crippen LogP contribution in [0.15, 0.2) is 95.7 Å². The van der Waals surface area contributed by atoms with Gasteiger partial charge in [-0.05, 0) is 97.3 Å². The second kappa shape index (κ2) is 23.9. The predicted molar refractivity (Wildman–Crippen MR) is 208 cm³/mol. The highest BCUT2D eigenvalue weighted by Gasteiger charge is 2.18. The molecule has 0 spiro atoms. The largest absolute Gasteiger partial charge is 0.397 e. The van der Waals surface area contributed by atoms with Gasteiger partial charge in [0.15, 0.2) is 9.84 Å². The van der Waals surface area contributed by atoms with E-state index < -0.39 is 42.7 Å². The molecule has 0 amide bonds. The lowest BCUT2D eigenvalue weighted by Gasteiger charge is -2.14. The second-order valence-corrected chi connectivity index (χ2v) is 14.7. The number of hydrogen-bond acceptors (Lipinski definition) is 7. The van der Waals surface area contributed by atoms with E-state index >= 15 is 0 Å². The summed E-state index contributed by atoms with van der Waals surface area (Å²) in [5.74, 6) is -0.518. The minimum absolute atomic E-state index is 0.00820. The lowest BCUT2D eigenvalue weighted by atomic mass is 9.94. The van der Waals surface area contributed by atoms with E-state index in [1.54, 1.807) is 25.1 Å². The first kappa shape index (κ1) is 48.7. The van der Waals surface area contributed by atoms with Gasteiger partial charge in [0.05, 0.1) is 22.2 Å². The molecule has 0 fully saturated rings. The van der Waals surface area contributed by atoms with Gasteiger partial charge < -0.3 is 0 Å². The molecule has 280 valence electrons. The van der Waals surface area contributed by atoms with Gasteiger partial charge in [0.25, 0.3) is 10.1 Å². The predicted octanol–water partition coefficient (Wildman–Crippen LogP) is 9.27.